The van der Waals surface area contributed by atoms with Gasteiger partial charge in [0.1, 0.15) is 0 Å². The molecule has 0 bridgehead atoms. The maximum atomic E-state index is 3.57. The van der Waals surface area contributed by atoms with Crippen LogP contribution in [-0.4, -0.2) is 36.6 Å². The van der Waals surface area contributed by atoms with Crippen LogP contribution in [0.4, 0.5) is 0 Å². The van der Waals surface area contributed by atoms with E-state index in [1.54, 1.807) is 0 Å². The fourth-order valence-electron chi connectivity index (χ4n) is 4.14. The first kappa shape index (κ1) is 14.3. The molecular weight excluding hydrogens is 220 g/mol. The lowest BCUT2D eigenvalue weighted by Crippen LogP contribution is -2.42. The van der Waals surface area contributed by atoms with E-state index in [4.69, 9.17) is 0 Å². The van der Waals surface area contributed by atoms with Gasteiger partial charge in [-0.2, -0.15) is 0 Å². The first-order chi connectivity index (χ1) is 8.49. The van der Waals surface area contributed by atoms with Gasteiger partial charge in [-0.05, 0) is 56.5 Å². The van der Waals surface area contributed by atoms with Crippen LogP contribution >= 0.6 is 0 Å². The van der Waals surface area contributed by atoms with E-state index in [-0.39, 0.29) is 0 Å². The van der Waals surface area contributed by atoms with Gasteiger partial charge in [0.25, 0.3) is 0 Å². The Labute approximate surface area is 114 Å². The Morgan fingerprint density at radius 1 is 1.06 bits per heavy atom. The third-order valence-electron chi connectivity index (χ3n) is 4.94. The molecule has 2 rings (SSSR count). The smallest absolute Gasteiger partial charge is 0.0114 e. The molecule has 3 unspecified atom stereocenters. The van der Waals surface area contributed by atoms with Gasteiger partial charge in [0, 0.05) is 18.6 Å². The number of fused-ring (bicyclic) bond motifs is 1. The van der Waals surface area contributed by atoms with Gasteiger partial charge in [-0.1, -0.05) is 27.7 Å². The topological polar surface area (TPSA) is 15.3 Å². The van der Waals surface area contributed by atoms with E-state index in [1.165, 1.54) is 32.5 Å². The Morgan fingerprint density at radius 3 is 2.17 bits per heavy atom. The normalized spacial score (nSPS) is 33.0. The van der Waals surface area contributed by atoms with Gasteiger partial charge >= 0.3 is 0 Å². The summed E-state index contributed by atoms with van der Waals surface area (Å²) in [5, 5.41) is 3.57. The lowest BCUT2D eigenvalue weighted by Gasteiger charge is -2.35. The zero-order chi connectivity index (χ0) is 13.3. The van der Waals surface area contributed by atoms with Gasteiger partial charge in [0.15, 0.2) is 0 Å². The number of rotatable bonds is 5. The van der Waals surface area contributed by atoms with Crippen molar-refractivity contribution in [3.8, 4) is 0 Å². The van der Waals surface area contributed by atoms with Crippen LogP contribution in [0.1, 0.15) is 47.5 Å². The molecule has 0 aromatic rings. The number of hydrogen-bond acceptors (Lipinski definition) is 2. The van der Waals surface area contributed by atoms with Crippen molar-refractivity contribution in [2.75, 3.05) is 19.6 Å². The Hall–Kier alpha value is -0.0800. The van der Waals surface area contributed by atoms with E-state index in [0.717, 1.165) is 35.8 Å². The highest BCUT2D eigenvalue weighted by atomic mass is 15.2. The molecule has 1 N–H and O–H groups in total. The van der Waals surface area contributed by atoms with Crippen LogP contribution in [0.2, 0.25) is 0 Å². The zero-order valence-corrected chi connectivity index (χ0v) is 12.9. The first-order valence-corrected chi connectivity index (χ1v) is 7.95. The molecule has 18 heavy (non-hydrogen) atoms. The molecular formula is C16H32N2. The van der Waals surface area contributed by atoms with Crippen molar-refractivity contribution in [3.05, 3.63) is 0 Å². The van der Waals surface area contributed by atoms with E-state index in [2.05, 4.69) is 44.8 Å². The lowest BCUT2D eigenvalue weighted by molar-refractivity contribution is 0.131. The third-order valence-corrected chi connectivity index (χ3v) is 4.94. The molecule has 3 atom stereocenters. The Morgan fingerprint density at radius 2 is 1.67 bits per heavy atom. The monoisotopic (exact) mass is 252 g/mol. The summed E-state index contributed by atoms with van der Waals surface area (Å²) < 4.78 is 0. The highest BCUT2D eigenvalue weighted by Crippen LogP contribution is 2.36. The molecule has 0 aromatic carbocycles. The number of hydrogen-bond donors (Lipinski definition) is 1. The molecule has 106 valence electrons. The molecule has 0 radical (unpaired) electrons. The van der Waals surface area contributed by atoms with Gasteiger partial charge in [-0.3, -0.25) is 4.90 Å². The maximum Gasteiger partial charge on any atom is 0.0114 e. The van der Waals surface area contributed by atoms with Crippen molar-refractivity contribution in [3.63, 3.8) is 0 Å². The Kier molecular flexibility index (Phi) is 4.71. The zero-order valence-electron chi connectivity index (χ0n) is 12.9. The second-order valence-electron chi connectivity index (χ2n) is 7.43. The summed E-state index contributed by atoms with van der Waals surface area (Å²) in [6, 6.07) is 1.60. The van der Waals surface area contributed by atoms with E-state index < -0.39 is 0 Å². The van der Waals surface area contributed by atoms with Crippen LogP contribution < -0.4 is 5.32 Å². The summed E-state index contributed by atoms with van der Waals surface area (Å²) in [4.78, 5) is 2.84. The van der Waals surface area contributed by atoms with E-state index in [9.17, 15) is 0 Å². The quantitative estimate of drug-likeness (QED) is 0.809. The highest BCUT2D eigenvalue weighted by molar-refractivity contribution is 4.98. The highest BCUT2D eigenvalue weighted by Gasteiger charge is 2.43. The Bertz CT molecular complexity index is 252. The molecule has 0 spiro atoms. The summed E-state index contributed by atoms with van der Waals surface area (Å²) >= 11 is 0. The summed E-state index contributed by atoms with van der Waals surface area (Å²) in [6.07, 6.45) is 2.74. The largest absolute Gasteiger partial charge is 0.316 e. The van der Waals surface area contributed by atoms with Crippen LogP contribution in [0.5, 0.6) is 0 Å². The average Bonchev–Trinajstić information content (AvgIpc) is 2.79. The van der Waals surface area contributed by atoms with Crippen molar-refractivity contribution in [1.82, 2.24) is 10.2 Å². The minimum absolute atomic E-state index is 0.785. The third kappa shape index (κ3) is 3.08. The minimum atomic E-state index is 0.785. The van der Waals surface area contributed by atoms with Crippen LogP contribution in [0, 0.1) is 23.7 Å². The van der Waals surface area contributed by atoms with Crippen molar-refractivity contribution >= 4 is 0 Å². The molecule has 0 aromatic heterocycles. The first-order valence-electron chi connectivity index (χ1n) is 7.95. The van der Waals surface area contributed by atoms with Gasteiger partial charge in [0.2, 0.25) is 0 Å². The van der Waals surface area contributed by atoms with E-state index in [0.29, 0.717) is 0 Å². The number of nitrogens with zero attached hydrogens (tertiary/aromatic N) is 1. The SMILES string of the molecule is CC(C)CC(CC(C)C)N1CC2CNCC2C1C. The van der Waals surface area contributed by atoms with Gasteiger partial charge < -0.3 is 5.32 Å². The van der Waals surface area contributed by atoms with Crippen LogP contribution in [0.25, 0.3) is 0 Å². The van der Waals surface area contributed by atoms with Crippen LogP contribution in [0.3, 0.4) is 0 Å². The van der Waals surface area contributed by atoms with Gasteiger partial charge in [0.05, 0.1) is 0 Å². The molecule has 2 saturated heterocycles. The molecule has 2 nitrogen and oxygen atoms in total. The number of likely N-dealkylation sites (tertiary alicyclic amines) is 1. The maximum absolute atomic E-state index is 3.57. The van der Waals surface area contributed by atoms with Gasteiger partial charge in [-0.25, -0.2) is 0 Å². The predicted octanol–water partition coefficient (Wildman–Crippen LogP) is 2.99. The molecule has 2 heterocycles. The molecule has 2 heteroatoms. The summed E-state index contributed by atoms with van der Waals surface area (Å²) in [6.45, 7) is 15.8. The molecule has 2 aliphatic heterocycles. The van der Waals surface area contributed by atoms with Crippen LogP contribution in [0.15, 0.2) is 0 Å². The summed E-state index contributed by atoms with van der Waals surface area (Å²) in [5.74, 6) is 3.47. The van der Waals surface area contributed by atoms with Crippen molar-refractivity contribution in [1.29, 1.82) is 0 Å². The van der Waals surface area contributed by atoms with Gasteiger partial charge in [-0.15, -0.1) is 0 Å². The molecule has 0 saturated carbocycles. The number of nitrogens with one attached hydrogen (secondary N) is 1. The molecule has 2 aliphatic rings. The van der Waals surface area contributed by atoms with Crippen molar-refractivity contribution < 1.29 is 0 Å². The van der Waals surface area contributed by atoms with Crippen molar-refractivity contribution in [2.24, 2.45) is 23.7 Å². The Balaban J connectivity index is 2.01. The van der Waals surface area contributed by atoms with Crippen molar-refractivity contribution in [2.45, 2.75) is 59.5 Å². The lowest BCUT2D eigenvalue weighted by atomic mass is 9.92. The second kappa shape index (κ2) is 5.92. The minimum Gasteiger partial charge on any atom is -0.316 e. The second-order valence-corrected chi connectivity index (χ2v) is 7.43. The fourth-order valence-corrected chi connectivity index (χ4v) is 4.14. The summed E-state index contributed by atoms with van der Waals surface area (Å²) in [5.41, 5.74) is 0. The molecule has 2 fully saturated rings. The van der Waals surface area contributed by atoms with E-state index >= 15 is 0 Å². The van der Waals surface area contributed by atoms with E-state index in [1.807, 2.05) is 0 Å². The molecule has 0 amide bonds. The summed E-state index contributed by atoms with van der Waals surface area (Å²) in [7, 11) is 0. The standard InChI is InChI=1S/C16H32N2/c1-11(2)6-15(7-12(3)4)18-10-14-8-17-9-16(14)13(18)5/h11-17H,6-10H2,1-5H3. The fraction of sp³-hybridized carbons (Fsp3) is 1.00. The molecule has 0 aliphatic carbocycles. The predicted molar refractivity (Wildman–Crippen MR) is 78.7 cm³/mol. The van der Waals surface area contributed by atoms with Crippen LogP contribution in [-0.2, 0) is 0 Å². The average molecular weight is 252 g/mol.